The Morgan fingerprint density at radius 3 is 2.50 bits per heavy atom. The number of aliphatic hydroxyl groups excluding tert-OH is 1. The number of allylic oxidation sites excluding steroid dienone is 2. The lowest BCUT2D eigenvalue weighted by molar-refractivity contribution is 0.123. The molecule has 2 atom stereocenters. The molecule has 0 aromatic heterocycles. The van der Waals surface area contributed by atoms with E-state index in [1.807, 2.05) is 6.08 Å². The zero-order chi connectivity index (χ0) is 10.6. The largest absolute Gasteiger partial charge is 0.380 e. The van der Waals surface area contributed by atoms with Crippen molar-refractivity contribution in [2.45, 2.75) is 25.1 Å². The van der Waals surface area contributed by atoms with E-state index in [4.69, 9.17) is 9.05 Å². The summed E-state index contributed by atoms with van der Waals surface area (Å²) in [4.78, 5) is 0. The fourth-order valence-electron chi connectivity index (χ4n) is 1.64. The van der Waals surface area contributed by atoms with Crippen LogP contribution < -0.4 is 0 Å². The lowest BCUT2D eigenvalue weighted by atomic mass is 9.95. The second-order valence-corrected chi connectivity index (χ2v) is 5.70. The first-order valence-electron chi connectivity index (χ1n) is 4.68. The summed E-state index contributed by atoms with van der Waals surface area (Å²) < 4.78 is 21.4. The average molecular weight is 220 g/mol. The molecule has 1 aliphatic rings. The molecule has 0 spiro atoms. The maximum absolute atomic E-state index is 11.8. The Balaban J connectivity index is 2.67. The summed E-state index contributed by atoms with van der Waals surface area (Å²) in [5.41, 5.74) is 0. The third-order valence-corrected chi connectivity index (χ3v) is 4.65. The van der Waals surface area contributed by atoms with Crippen LogP contribution in [0.3, 0.4) is 0 Å². The molecule has 5 heteroatoms. The van der Waals surface area contributed by atoms with E-state index in [0.29, 0.717) is 0 Å². The number of hydrogen-bond donors (Lipinski definition) is 1. The molecule has 0 fully saturated rings. The van der Waals surface area contributed by atoms with E-state index in [2.05, 4.69) is 6.08 Å². The van der Waals surface area contributed by atoms with Crippen molar-refractivity contribution in [2.24, 2.45) is 5.92 Å². The molecule has 0 aromatic carbocycles. The van der Waals surface area contributed by atoms with Crippen molar-refractivity contribution in [3.05, 3.63) is 12.2 Å². The predicted octanol–water partition coefficient (Wildman–Crippen LogP) is 2.15. The van der Waals surface area contributed by atoms with E-state index in [-0.39, 0.29) is 5.92 Å². The van der Waals surface area contributed by atoms with E-state index < -0.39 is 13.4 Å². The molecule has 0 bridgehead atoms. The van der Waals surface area contributed by atoms with Crippen LogP contribution >= 0.6 is 7.60 Å². The molecule has 0 aromatic rings. The molecule has 0 saturated heterocycles. The van der Waals surface area contributed by atoms with Crippen LogP contribution in [0.4, 0.5) is 0 Å². The van der Waals surface area contributed by atoms with E-state index in [1.165, 1.54) is 14.2 Å². The van der Waals surface area contributed by atoms with E-state index >= 15 is 0 Å². The van der Waals surface area contributed by atoms with Gasteiger partial charge in [0.1, 0.15) is 0 Å². The van der Waals surface area contributed by atoms with Crippen molar-refractivity contribution in [1.29, 1.82) is 0 Å². The monoisotopic (exact) mass is 220 g/mol. The summed E-state index contributed by atoms with van der Waals surface area (Å²) in [6.45, 7) is 0. The highest BCUT2D eigenvalue weighted by molar-refractivity contribution is 7.54. The molecule has 1 N–H and O–H groups in total. The number of aliphatic hydroxyl groups is 1. The molecule has 0 radical (unpaired) electrons. The molecule has 0 heterocycles. The summed E-state index contributed by atoms with van der Waals surface area (Å²) in [5.74, 6) is -1.03. The molecule has 4 nitrogen and oxygen atoms in total. The van der Waals surface area contributed by atoms with Crippen molar-refractivity contribution in [2.75, 3.05) is 14.2 Å². The van der Waals surface area contributed by atoms with Crippen molar-refractivity contribution >= 4 is 7.60 Å². The normalized spacial score (nSPS) is 24.9. The SMILES string of the molecule is COP(=O)(OC)C(O)C1CC=CCC1. The molecule has 0 aliphatic heterocycles. The topological polar surface area (TPSA) is 55.8 Å². The van der Waals surface area contributed by atoms with E-state index in [0.717, 1.165) is 19.3 Å². The zero-order valence-electron chi connectivity index (χ0n) is 8.55. The van der Waals surface area contributed by atoms with Gasteiger partial charge in [0, 0.05) is 20.1 Å². The van der Waals surface area contributed by atoms with Crippen molar-refractivity contribution in [3.8, 4) is 0 Å². The van der Waals surface area contributed by atoms with Crippen LogP contribution in [0, 0.1) is 5.92 Å². The summed E-state index contributed by atoms with van der Waals surface area (Å²) in [7, 11) is -0.723. The van der Waals surface area contributed by atoms with Gasteiger partial charge in [-0.3, -0.25) is 4.57 Å². The van der Waals surface area contributed by atoms with Gasteiger partial charge in [-0.05, 0) is 19.3 Å². The van der Waals surface area contributed by atoms with Gasteiger partial charge in [-0.25, -0.2) is 0 Å². The summed E-state index contributed by atoms with van der Waals surface area (Å²) in [5, 5.41) is 9.85. The van der Waals surface area contributed by atoms with Crippen LogP contribution in [0.5, 0.6) is 0 Å². The fourth-order valence-corrected chi connectivity index (χ4v) is 3.00. The smallest absolute Gasteiger partial charge is 0.358 e. The minimum Gasteiger partial charge on any atom is -0.380 e. The Labute approximate surface area is 84.4 Å². The van der Waals surface area contributed by atoms with E-state index in [1.54, 1.807) is 0 Å². The van der Waals surface area contributed by atoms with Gasteiger partial charge in [0.2, 0.25) is 0 Å². The van der Waals surface area contributed by atoms with E-state index in [9.17, 15) is 9.67 Å². The molecule has 14 heavy (non-hydrogen) atoms. The van der Waals surface area contributed by atoms with Gasteiger partial charge in [-0.2, -0.15) is 0 Å². The Morgan fingerprint density at radius 1 is 1.43 bits per heavy atom. The summed E-state index contributed by atoms with van der Waals surface area (Å²) in [6.07, 6.45) is 6.53. The Bertz CT molecular complexity index is 243. The second-order valence-electron chi connectivity index (χ2n) is 3.36. The van der Waals surface area contributed by atoms with Crippen molar-refractivity contribution in [1.82, 2.24) is 0 Å². The second kappa shape index (κ2) is 5.08. The van der Waals surface area contributed by atoms with Crippen LogP contribution in [0.15, 0.2) is 12.2 Å². The van der Waals surface area contributed by atoms with Crippen LogP contribution in [0.25, 0.3) is 0 Å². The van der Waals surface area contributed by atoms with Gasteiger partial charge in [0.25, 0.3) is 0 Å². The maximum atomic E-state index is 11.8. The standard InChI is InChI=1S/C9H17O4P/c1-12-14(11,13-2)9(10)8-6-4-3-5-7-8/h3-4,8-10H,5-7H2,1-2H3. The maximum Gasteiger partial charge on any atom is 0.358 e. The summed E-state index contributed by atoms with van der Waals surface area (Å²) in [6, 6.07) is 0. The first-order chi connectivity index (χ1) is 6.64. The highest BCUT2D eigenvalue weighted by Crippen LogP contribution is 2.54. The third-order valence-electron chi connectivity index (χ3n) is 2.56. The van der Waals surface area contributed by atoms with Crippen LogP contribution in [-0.4, -0.2) is 25.2 Å². The molecule has 0 amide bonds. The lowest BCUT2D eigenvalue weighted by Crippen LogP contribution is -2.22. The first-order valence-corrected chi connectivity index (χ1v) is 6.29. The highest BCUT2D eigenvalue weighted by Gasteiger charge is 2.38. The van der Waals surface area contributed by atoms with Gasteiger partial charge in [-0.15, -0.1) is 0 Å². The molecule has 2 unspecified atom stereocenters. The first kappa shape index (κ1) is 11.9. The Morgan fingerprint density at radius 2 is 2.07 bits per heavy atom. The third kappa shape index (κ3) is 2.45. The zero-order valence-corrected chi connectivity index (χ0v) is 9.44. The Hall–Kier alpha value is -0.150. The molecular weight excluding hydrogens is 203 g/mol. The van der Waals surface area contributed by atoms with Crippen LogP contribution in [0.1, 0.15) is 19.3 Å². The molecule has 1 aliphatic carbocycles. The quantitative estimate of drug-likeness (QED) is 0.582. The number of hydrogen-bond acceptors (Lipinski definition) is 4. The minimum atomic E-state index is -3.32. The van der Waals surface area contributed by atoms with Gasteiger partial charge >= 0.3 is 7.60 Å². The fraction of sp³-hybridized carbons (Fsp3) is 0.778. The molecule has 82 valence electrons. The van der Waals surface area contributed by atoms with Gasteiger partial charge in [0.15, 0.2) is 5.85 Å². The van der Waals surface area contributed by atoms with Gasteiger partial charge in [0.05, 0.1) is 0 Å². The molecule has 1 rings (SSSR count). The predicted molar refractivity (Wildman–Crippen MR) is 54.1 cm³/mol. The molecular formula is C9H17O4P. The van der Waals surface area contributed by atoms with Gasteiger partial charge in [-0.1, -0.05) is 12.2 Å². The molecule has 0 saturated carbocycles. The van der Waals surface area contributed by atoms with Gasteiger partial charge < -0.3 is 14.2 Å². The van der Waals surface area contributed by atoms with Crippen molar-refractivity contribution in [3.63, 3.8) is 0 Å². The van der Waals surface area contributed by atoms with Crippen LogP contribution in [0.2, 0.25) is 0 Å². The minimum absolute atomic E-state index is 0.0225. The lowest BCUT2D eigenvalue weighted by Gasteiger charge is -2.27. The number of rotatable bonds is 4. The Kier molecular flexibility index (Phi) is 4.32. The van der Waals surface area contributed by atoms with Crippen LogP contribution in [-0.2, 0) is 13.6 Å². The van der Waals surface area contributed by atoms with Crippen molar-refractivity contribution < 1.29 is 18.7 Å². The average Bonchev–Trinajstić information content (AvgIpc) is 2.28. The summed E-state index contributed by atoms with van der Waals surface area (Å²) >= 11 is 0. The highest BCUT2D eigenvalue weighted by atomic mass is 31.2.